The lowest BCUT2D eigenvalue weighted by atomic mass is 10.2. The van der Waals surface area contributed by atoms with Gasteiger partial charge in [0.05, 0.1) is 4.34 Å². The number of nitrogens with one attached hydrogen (secondary N) is 1. The van der Waals surface area contributed by atoms with Crippen LogP contribution < -0.4 is 5.32 Å². The Balaban J connectivity index is 1.32. The van der Waals surface area contributed by atoms with E-state index in [9.17, 15) is 13.2 Å². The zero-order valence-corrected chi connectivity index (χ0v) is 19.1. The van der Waals surface area contributed by atoms with Crippen LogP contribution in [0, 0.1) is 0 Å². The number of para-hydroxylation sites is 2. The average molecular weight is 488 g/mol. The molecule has 10 heteroatoms. The first kappa shape index (κ1) is 21.1. The summed E-state index contributed by atoms with van der Waals surface area (Å²) in [7, 11) is -3.77. The Morgan fingerprint density at radius 2 is 1.91 bits per heavy atom. The van der Waals surface area contributed by atoms with Crippen LogP contribution in [0.5, 0.6) is 0 Å². The summed E-state index contributed by atoms with van der Waals surface area (Å²) in [4.78, 5) is 17.4. The Morgan fingerprint density at radius 1 is 1.12 bits per heavy atom. The molecule has 2 aromatic carbocycles. The van der Waals surface area contributed by atoms with E-state index in [0.29, 0.717) is 40.9 Å². The van der Waals surface area contributed by atoms with Crippen LogP contribution in [-0.2, 0) is 14.8 Å². The third kappa shape index (κ3) is 3.93. The quantitative estimate of drug-likeness (QED) is 0.427. The van der Waals surface area contributed by atoms with Gasteiger partial charge in [0.2, 0.25) is 11.8 Å². The molecule has 0 bridgehead atoms. The maximum Gasteiger partial charge on any atom is 0.253 e. The summed E-state index contributed by atoms with van der Waals surface area (Å²) in [6.45, 7) is 0.298. The molecule has 1 unspecified atom stereocenters. The summed E-state index contributed by atoms with van der Waals surface area (Å²) in [5.41, 5.74) is 2.82. The van der Waals surface area contributed by atoms with Crippen LogP contribution in [0.4, 0.5) is 5.69 Å². The molecule has 7 nitrogen and oxygen atoms in total. The van der Waals surface area contributed by atoms with Crippen LogP contribution in [0.1, 0.15) is 12.8 Å². The molecule has 3 heterocycles. The fourth-order valence-corrected chi connectivity index (χ4v) is 7.03. The molecule has 1 saturated heterocycles. The number of anilines is 1. The summed E-state index contributed by atoms with van der Waals surface area (Å²) >= 11 is 6.89. The third-order valence-corrected chi connectivity index (χ3v) is 8.92. The summed E-state index contributed by atoms with van der Waals surface area (Å²) in [5, 5.41) is 2.83. The number of hydrogen-bond donors (Lipinski definition) is 1. The number of oxazole rings is 1. The van der Waals surface area contributed by atoms with Crippen LogP contribution in [0.15, 0.2) is 69.3 Å². The van der Waals surface area contributed by atoms with Gasteiger partial charge in [-0.25, -0.2) is 13.4 Å². The monoisotopic (exact) mass is 487 g/mol. The van der Waals surface area contributed by atoms with Gasteiger partial charge in [0.1, 0.15) is 15.8 Å². The molecule has 0 aliphatic carbocycles. The maximum atomic E-state index is 13.0. The van der Waals surface area contributed by atoms with E-state index in [0.717, 1.165) is 22.4 Å². The fraction of sp³-hybridized carbons (Fsp3) is 0.182. The van der Waals surface area contributed by atoms with Gasteiger partial charge >= 0.3 is 0 Å². The minimum atomic E-state index is -3.77. The van der Waals surface area contributed by atoms with Gasteiger partial charge in [-0.3, -0.25) is 4.79 Å². The number of hydrogen-bond acceptors (Lipinski definition) is 6. The van der Waals surface area contributed by atoms with Gasteiger partial charge in [-0.15, -0.1) is 11.3 Å². The van der Waals surface area contributed by atoms with Crippen molar-refractivity contribution < 1.29 is 17.6 Å². The zero-order valence-electron chi connectivity index (χ0n) is 16.7. The minimum Gasteiger partial charge on any atom is -0.436 e. The molecule has 0 spiro atoms. The van der Waals surface area contributed by atoms with Gasteiger partial charge in [-0.2, -0.15) is 4.31 Å². The van der Waals surface area contributed by atoms with E-state index in [1.54, 1.807) is 30.3 Å². The van der Waals surface area contributed by atoms with Gasteiger partial charge in [-0.05, 0) is 61.4 Å². The SMILES string of the molecule is O=C(Nc1ccc(-c2nc3ccccc3o2)cc1)C1CCCN1S(=O)(=O)c1ccc(Cl)s1. The van der Waals surface area contributed by atoms with E-state index in [1.165, 1.54) is 10.4 Å². The smallest absolute Gasteiger partial charge is 0.253 e. The van der Waals surface area contributed by atoms with Crippen LogP contribution in [-0.4, -0.2) is 36.2 Å². The second-order valence-corrected chi connectivity index (χ2v) is 11.2. The minimum absolute atomic E-state index is 0.143. The van der Waals surface area contributed by atoms with Crippen molar-refractivity contribution in [2.45, 2.75) is 23.1 Å². The molecule has 1 N–H and O–H groups in total. The zero-order chi connectivity index (χ0) is 22.3. The van der Waals surface area contributed by atoms with E-state index in [1.807, 2.05) is 24.3 Å². The Kier molecular flexibility index (Phi) is 5.50. The highest BCUT2D eigenvalue weighted by molar-refractivity contribution is 7.91. The Morgan fingerprint density at radius 3 is 2.62 bits per heavy atom. The van der Waals surface area contributed by atoms with Gasteiger partial charge in [0, 0.05) is 17.8 Å². The highest BCUT2D eigenvalue weighted by Crippen LogP contribution is 2.33. The molecule has 164 valence electrons. The van der Waals surface area contributed by atoms with Crippen molar-refractivity contribution >= 4 is 55.7 Å². The lowest BCUT2D eigenvalue weighted by Crippen LogP contribution is -2.42. The van der Waals surface area contributed by atoms with Crippen molar-refractivity contribution in [1.29, 1.82) is 0 Å². The number of thiophene rings is 1. The van der Waals surface area contributed by atoms with E-state index >= 15 is 0 Å². The van der Waals surface area contributed by atoms with Crippen molar-refractivity contribution in [2.24, 2.45) is 0 Å². The number of nitrogens with zero attached hydrogens (tertiary/aromatic N) is 2. The molecule has 0 radical (unpaired) electrons. The van der Waals surface area contributed by atoms with E-state index in [2.05, 4.69) is 10.3 Å². The standard InChI is InChI=1S/C22H18ClN3O4S2/c23-19-11-12-20(31-19)32(28,29)26-13-3-5-17(26)21(27)24-15-9-7-14(8-10-15)22-25-16-4-1-2-6-18(16)30-22/h1-2,4,6-12,17H,3,5,13H2,(H,24,27). The van der Waals surface area contributed by atoms with Crippen molar-refractivity contribution in [3.8, 4) is 11.5 Å². The Bertz CT molecular complexity index is 1360. The maximum absolute atomic E-state index is 13.0. The molecule has 1 aliphatic heterocycles. The fourth-order valence-electron chi connectivity index (χ4n) is 3.76. The number of amides is 1. The first-order valence-electron chi connectivity index (χ1n) is 9.96. The average Bonchev–Trinajstić information content (AvgIpc) is 3.53. The Labute approximate surface area is 193 Å². The number of halogens is 1. The van der Waals surface area contributed by atoms with Gasteiger partial charge in [0.15, 0.2) is 5.58 Å². The predicted molar refractivity (Wildman–Crippen MR) is 124 cm³/mol. The van der Waals surface area contributed by atoms with Crippen molar-refractivity contribution in [3.63, 3.8) is 0 Å². The normalized spacial score (nSPS) is 17.1. The molecular formula is C22H18ClN3O4S2. The van der Waals surface area contributed by atoms with E-state index in [4.69, 9.17) is 16.0 Å². The lowest BCUT2D eigenvalue weighted by Gasteiger charge is -2.22. The lowest BCUT2D eigenvalue weighted by molar-refractivity contribution is -0.119. The number of aromatic nitrogens is 1. The first-order valence-corrected chi connectivity index (χ1v) is 12.6. The summed E-state index contributed by atoms with van der Waals surface area (Å²) < 4.78 is 33.5. The van der Waals surface area contributed by atoms with Crippen molar-refractivity contribution in [2.75, 3.05) is 11.9 Å². The molecule has 0 saturated carbocycles. The number of fused-ring (bicyclic) bond motifs is 1. The number of carbonyl (C=O) groups is 1. The van der Waals surface area contributed by atoms with Crippen molar-refractivity contribution in [1.82, 2.24) is 9.29 Å². The first-order chi connectivity index (χ1) is 15.4. The Hall–Kier alpha value is -2.72. The predicted octanol–water partition coefficient (Wildman–Crippen LogP) is 5.00. The summed E-state index contributed by atoms with van der Waals surface area (Å²) in [6, 6.07) is 16.9. The van der Waals surface area contributed by atoms with Gasteiger partial charge in [-0.1, -0.05) is 23.7 Å². The topological polar surface area (TPSA) is 92.5 Å². The second kappa shape index (κ2) is 8.32. The van der Waals surface area contributed by atoms with E-state index in [-0.39, 0.29) is 10.1 Å². The van der Waals surface area contributed by atoms with Crippen LogP contribution in [0.2, 0.25) is 4.34 Å². The molecule has 4 aromatic rings. The van der Waals surface area contributed by atoms with Crippen molar-refractivity contribution in [3.05, 3.63) is 65.0 Å². The van der Waals surface area contributed by atoms with Crippen LogP contribution in [0.25, 0.3) is 22.6 Å². The third-order valence-electron chi connectivity index (χ3n) is 5.31. The van der Waals surface area contributed by atoms with E-state index < -0.39 is 16.1 Å². The molecule has 32 heavy (non-hydrogen) atoms. The van der Waals surface area contributed by atoms with Crippen LogP contribution >= 0.6 is 22.9 Å². The molecule has 1 aliphatic rings. The van der Waals surface area contributed by atoms with Gasteiger partial charge in [0.25, 0.3) is 10.0 Å². The molecule has 5 rings (SSSR count). The number of benzene rings is 2. The number of rotatable bonds is 5. The molecule has 1 atom stereocenters. The summed E-state index contributed by atoms with van der Waals surface area (Å²) in [5.74, 6) is 0.134. The molecule has 1 fully saturated rings. The van der Waals surface area contributed by atoms with Crippen LogP contribution in [0.3, 0.4) is 0 Å². The highest BCUT2D eigenvalue weighted by atomic mass is 35.5. The molecular weight excluding hydrogens is 470 g/mol. The number of sulfonamides is 1. The number of carbonyl (C=O) groups excluding carboxylic acids is 1. The van der Waals surface area contributed by atoms with Gasteiger partial charge < -0.3 is 9.73 Å². The molecule has 1 amide bonds. The second-order valence-electron chi connectivity index (χ2n) is 7.39. The molecule has 2 aromatic heterocycles. The highest BCUT2D eigenvalue weighted by Gasteiger charge is 2.40. The summed E-state index contributed by atoms with van der Waals surface area (Å²) in [6.07, 6.45) is 1.08. The largest absolute Gasteiger partial charge is 0.436 e.